The zero-order valence-electron chi connectivity index (χ0n) is 7.63. The lowest BCUT2D eigenvalue weighted by atomic mass is 10.0. The molecule has 1 unspecified atom stereocenters. The number of pyridine rings is 1. The summed E-state index contributed by atoms with van der Waals surface area (Å²) >= 11 is 0. The molecule has 0 saturated heterocycles. The second kappa shape index (κ2) is 4.18. The van der Waals surface area contributed by atoms with Gasteiger partial charge >= 0.3 is 0 Å². The van der Waals surface area contributed by atoms with Gasteiger partial charge in [-0.1, -0.05) is 0 Å². The number of alkyl halides is 1. The first kappa shape index (κ1) is 9.92. The molecule has 0 aliphatic carbocycles. The predicted molar refractivity (Wildman–Crippen MR) is 50.9 cm³/mol. The molecule has 1 rings (SSSR count). The fourth-order valence-corrected chi connectivity index (χ4v) is 1.29. The topological polar surface area (TPSA) is 64.9 Å². The number of nitrogens with zero attached hydrogens (tertiary/aromatic N) is 1. The number of rotatable bonds is 3. The smallest absolute Gasteiger partial charge is 0.130 e. The van der Waals surface area contributed by atoms with E-state index in [4.69, 9.17) is 11.5 Å². The van der Waals surface area contributed by atoms with Crippen molar-refractivity contribution in [1.82, 2.24) is 4.98 Å². The summed E-state index contributed by atoms with van der Waals surface area (Å²) in [5, 5.41) is 0. The number of hydrogen-bond acceptors (Lipinski definition) is 3. The summed E-state index contributed by atoms with van der Waals surface area (Å²) in [7, 11) is 0. The number of nitrogen functional groups attached to an aromatic ring is 1. The van der Waals surface area contributed by atoms with Gasteiger partial charge in [-0.2, -0.15) is 0 Å². The van der Waals surface area contributed by atoms with Crippen LogP contribution in [-0.2, 0) is 0 Å². The number of aryl methyl sites for hydroxylation is 1. The Labute approximate surface area is 77.0 Å². The Morgan fingerprint density at radius 3 is 2.85 bits per heavy atom. The third kappa shape index (κ3) is 2.15. The molecule has 0 aromatic carbocycles. The van der Waals surface area contributed by atoms with Gasteiger partial charge in [0.05, 0.1) is 0 Å². The normalized spacial score (nSPS) is 12.8. The lowest BCUT2D eigenvalue weighted by Crippen LogP contribution is -2.08. The van der Waals surface area contributed by atoms with Gasteiger partial charge in [0.1, 0.15) is 12.0 Å². The van der Waals surface area contributed by atoms with E-state index >= 15 is 0 Å². The van der Waals surface area contributed by atoms with E-state index in [9.17, 15) is 4.39 Å². The van der Waals surface area contributed by atoms with Crippen LogP contribution in [0.15, 0.2) is 12.3 Å². The van der Waals surface area contributed by atoms with Crippen LogP contribution in [-0.4, -0.2) is 11.5 Å². The third-order valence-corrected chi connectivity index (χ3v) is 1.97. The van der Waals surface area contributed by atoms with Crippen LogP contribution in [0.4, 0.5) is 10.2 Å². The minimum Gasteiger partial charge on any atom is -0.383 e. The summed E-state index contributed by atoms with van der Waals surface area (Å²) in [6.45, 7) is 2.13. The molecule has 0 spiro atoms. The van der Waals surface area contributed by atoms with E-state index in [2.05, 4.69) is 4.98 Å². The highest BCUT2D eigenvalue weighted by atomic mass is 19.1. The molecule has 4 N–H and O–H groups in total. The molecule has 1 atom stereocenters. The lowest BCUT2D eigenvalue weighted by Gasteiger charge is -2.11. The fraction of sp³-hybridized carbons (Fsp3) is 0.444. The Hall–Kier alpha value is -1.16. The maximum absolute atomic E-state index is 13.5. The van der Waals surface area contributed by atoms with E-state index in [0.717, 1.165) is 5.56 Å². The largest absolute Gasteiger partial charge is 0.383 e. The third-order valence-electron chi connectivity index (χ3n) is 1.97. The Bertz CT molecular complexity index is 268. The lowest BCUT2D eigenvalue weighted by molar-refractivity contribution is 0.327. The highest BCUT2D eigenvalue weighted by molar-refractivity contribution is 5.45. The molecular weight excluding hydrogens is 169 g/mol. The summed E-state index contributed by atoms with van der Waals surface area (Å²) < 4.78 is 13.5. The number of halogens is 1. The first-order valence-electron chi connectivity index (χ1n) is 4.22. The van der Waals surface area contributed by atoms with Crippen molar-refractivity contribution < 1.29 is 4.39 Å². The Morgan fingerprint density at radius 1 is 1.62 bits per heavy atom. The molecule has 13 heavy (non-hydrogen) atoms. The minimum absolute atomic E-state index is 0.265. The van der Waals surface area contributed by atoms with Gasteiger partial charge in [0.25, 0.3) is 0 Å². The molecule has 4 heteroatoms. The van der Waals surface area contributed by atoms with Gasteiger partial charge in [0.15, 0.2) is 0 Å². The van der Waals surface area contributed by atoms with Crippen LogP contribution < -0.4 is 11.5 Å². The zero-order valence-corrected chi connectivity index (χ0v) is 7.63. The second-order valence-corrected chi connectivity index (χ2v) is 2.97. The predicted octanol–water partition coefficient (Wildman–Crippen LogP) is 1.33. The van der Waals surface area contributed by atoms with Gasteiger partial charge in [-0.15, -0.1) is 0 Å². The standard InChI is InChI=1S/C9H14FN3/c1-6-3-5-13-9(12)8(6)7(10)2-4-11/h3,5,7H,2,4,11H2,1H3,(H2,12,13). The molecule has 0 fully saturated rings. The Morgan fingerprint density at radius 2 is 2.31 bits per heavy atom. The van der Waals surface area contributed by atoms with Crippen LogP contribution in [0.5, 0.6) is 0 Å². The van der Waals surface area contributed by atoms with Crippen molar-refractivity contribution in [2.75, 3.05) is 12.3 Å². The number of hydrogen-bond donors (Lipinski definition) is 2. The van der Waals surface area contributed by atoms with Gasteiger partial charge in [0, 0.05) is 11.8 Å². The van der Waals surface area contributed by atoms with Crippen LogP contribution in [0.1, 0.15) is 23.7 Å². The van der Waals surface area contributed by atoms with Crippen LogP contribution >= 0.6 is 0 Å². The van der Waals surface area contributed by atoms with Crippen LogP contribution in [0.25, 0.3) is 0 Å². The maximum atomic E-state index is 13.5. The van der Waals surface area contributed by atoms with E-state index in [0.29, 0.717) is 12.1 Å². The highest BCUT2D eigenvalue weighted by Crippen LogP contribution is 2.27. The minimum atomic E-state index is -1.10. The average molecular weight is 183 g/mol. The van der Waals surface area contributed by atoms with Gasteiger partial charge in [0.2, 0.25) is 0 Å². The van der Waals surface area contributed by atoms with Gasteiger partial charge in [-0.25, -0.2) is 9.37 Å². The summed E-state index contributed by atoms with van der Waals surface area (Å²) in [5.74, 6) is 0.265. The molecular formula is C9H14FN3. The van der Waals surface area contributed by atoms with Crippen molar-refractivity contribution in [3.05, 3.63) is 23.4 Å². The first-order chi connectivity index (χ1) is 6.16. The molecule has 1 heterocycles. The van der Waals surface area contributed by atoms with Gasteiger partial charge in [-0.05, 0) is 31.5 Å². The summed E-state index contributed by atoms with van der Waals surface area (Å²) in [6.07, 6.45) is 0.763. The molecule has 0 aliphatic rings. The molecule has 1 aromatic heterocycles. The average Bonchev–Trinajstić information content (AvgIpc) is 2.04. The summed E-state index contributed by atoms with van der Waals surface area (Å²) in [5.41, 5.74) is 12.1. The van der Waals surface area contributed by atoms with Crippen molar-refractivity contribution in [3.8, 4) is 0 Å². The van der Waals surface area contributed by atoms with Gasteiger partial charge < -0.3 is 11.5 Å². The zero-order chi connectivity index (χ0) is 9.84. The van der Waals surface area contributed by atoms with E-state index in [-0.39, 0.29) is 12.2 Å². The van der Waals surface area contributed by atoms with E-state index in [1.54, 1.807) is 12.3 Å². The van der Waals surface area contributed by atoms with Crippen molar-refractivity contribution in [1.29, 1.82) is 0 Å². The quantitative estimate of drug-likeness (QED) is 0.743. The molecule has 1 aromatic rings. The number of anilines is 1. The Balaban J connectivity index is 2.98. The molecule has 0 saturated carbocycles. The highest BCUT2D eigenvalue weighted by Gasteiger charge is 2.15. The van der Waals surface area contributed by atoms with E-state index in [1.807, 2.05) is 6.92 Å². The molecule has 72 valence electrons. The van der Waals surface area contributed by atoms with Crippen molar-refractivity contribution in [2.45, 2.75) is 19.5 Å². The fourth-order valence-electron chi connectivity index (χ4n) is 1.29. The molecule has 0 radical (unpaired) electrons. The molecule has 0 aliphatic heterocycles. The summed E-state index contributed by atoms with van der Waals surface area (Å²) in [4.78, 5) is 3.84. The van der Waals surface area contributed by atoms with Crippen LogP contribution in [0.2, 0.25) is 0 Å². The second-order valence-electron chi connectivity index (χ2n) is 2.97. The van der Waals surface area contributed by atoms with Crippen molar-refractivity contribution >= 4 is 5.82 Å². The van der Waals surface area contributed by atoms with E-state index in [1.165, 1.54) is 0 Å². The maximum Gasteiger partial charge on any atom is 0.130 e. The summed E-state index contributed by atoms with van der Waals surface area (Å²) in [6, 6.07) is 1.74. The number of aromatic nitrogens is 1. The molecule has 0 bridgehead atoms. The molecule has 3 nitrogen and oxygen atoms in total. The van der Waals surface area contributed by atoms with Gasteiger partial charge in [-0.3, -0.25) is 0 Å². The molecule has 0 amide bonds. The SMILES string of the molecule is Cc1ccnc(N)c1C(F)CCN. The Kier molecular flexibility index (Phi) is 3.19. The number of nitrogens with two attached hydrogens (primary N) is 2. The van der Waals surface area contributed by atoms with Crippen molar-refractivity contribution in [3.63, 3.8) is 0 Å². The van der Waals surface area contributed by atoms with Crippen LogP contribution in [0.3, 0.4) is 0 Å². The van der Waals surface area contributed by atoms with Crippen LogP contribution in [0, 0.1) is 6.92 Å². The first-order valence-corrected chi connectivity index (χ1v) is 4.22. The monoisotopic (exact) mass is 183 g/mol. The van der Waals surface area contributed by atoms with E-state index < -0.39 is 6.17 Å². The van der Waals surface area contributed by atoms with Crippen molar-refractivity contribution in [2.24, 2.45) is 5.73 Å².